The van der Waals surface area contributed by atoms with E-state index in [4.69, 9.17) is 28.9 Å². The molecule has 2 heterocycles. The van der Waals surface area contributed by atoms with E-state index >= 15 is 0 Å². The molecule has 27 heavy (non-hydrogen) atoms. The highest BCUT2D eigenvalue weighted by molar-refractivity contribution is 6.35. The van der Waals surface area contributed by atoms with Gasteiger partial charge in [-0.2, -0.15) is 4.98 Å². The van der Waals surface area contributed by atoms with Crippen molar-refractivity contribution in [1.29, 1.82) is 0 Å². The second-order valence-corrected chi connectivity index (χ2v) is 7.40. The Balaban J connectivity index is 1.59. The minimum absolute atomic E-state index is 0.0337. The van der Waals surface area contributed by atoms with Crippen molar-refractivity contribution in [1.82, 2.24) is 14.9 Å². The fourth-order valence-corrected chi connectivity index (χ4v) is 3.72. The van der Waals surface area contributed by atoms with Crippen molar-refractivity contribution in [2.75, 3.05) is 42.6 Å². The third-order valence-electron chi connectivity index (χ3n) is 4.62. The van der Waals surface area contributed by atoms with Crippen LogP contribution in [0.15, 0.2) is 30.5 Å². The Morgan fingerprint density at radius 2 is 2.11 bits per heavy atom. The first-order valence-corrected chi connectivity index (χ1v) is 9.47. The molecule has 144 valence electrons. The van der Waals surface area contributed by atoms with Crippen molar-refractivity contribution in [3.8, 4) is 0 Å². The van der Waals surface area contributed by atoms with E-state index in [0.29, 0.717) is 16.6 Å². The van der Waals surface area contributed by atoms with Gasteiger partial charge in [-0.15, -0.1) is 0 Å². The van der Waals surface area contributed by atoms with Crippen LogP contribution in [0.3, 0.4) is 0 Å². The molecule has 1 atom stereocenters. The third-order valence-corrected chi connectivity index (χ3v) is 5.06. The second kappa shape index (κ2) is 8.63. The maximum Gasteiger partial charge on any atom is 0.241 e. The van der Waals surface area contributed by atoms with Crippen molar-refractivity contribution >= 4 is 46.6 Å². The Labute approximate surface area is 168 Å². The van der Waals surface area contributed by atoms with E-state index in [0.717, 1.165) is 30.9 Å². The molecule has 3 N–H and O–H groups in total. The predicted octanol–water partition coefficient (Wildman–Crippen LogP) is 2.90. The summed E-state index contributed by atoms with van der Waals surface area (Å²) >= 11 is 12.0. The van der Waals surface area contributed by atoms with E-state index in [1.807, 2.05) is 18.0 Å². The van der Waals surface area contributed by atoms with Crippen LogP contribution in [0.25, 0.3) is 0 Å². The van der Waals surface area contributed by atoms with Crippen molar-refractivity contribution in [3.63, 3.8) is 0 Å². The van der Waals surface area contributed by atoms with E-state index in [1.165, 1.54) is 0 Å². The number of hydrogen-bond donors (Lipinski definition) is 2. The fourth-order valence-electron chi connectivity index (χ4n) is 3.19. The van der Waals surface area contributed by atoms with Crippen LogP contribution in [0.4, 0.5) is 17.5 Å². The Morgan fingerprint density at radius 3 is 2.81 bits per heavy atom. The number of nitrogens with one attached hydrogen (secondary N) is 1. The molecule has 0 unspecified atom stereocenters. The number of benzene rings is 1. The topological polar surface area (TPSA) is 87.4 Å². The number of hydrogen-bond acceptors (Lipinski definition) is 6. The molecule has 0 bridgehead atoms. The van der Waals surface area contributed by atoms with E-state index in [1.54, 1.807) is 24.4 Å². The van der Waals surface area contributed by atoms with Crippen LogP contribution in [-0.2, 0) is 4.79 Å². The van der Waals surface area contributed by atoms with Crippen molar-refractivity contribution in [2.24, 2.45) is 0 Å². The number of anilines is 3. The molecule has 9 heteroatoms. The van der Waals surface area contributed by atoms with Gasteiger partial charge in [0.1, 0.15) is 5.82 Å². The minimum Gasteiger partial charge on any atom is -0.376 e. The number of amides is 1. The Hall–Kier alpha value is -2.25. The van der Waals surface area contributed by atoms with Gasteiger partial charge in [0, 0.05) is 48.1 Å². The molecule has 3 rings (SSSR count). The molecule has 2 aromatic rings. The van der Waals surface area contributed by atoms with E-state index in [9.17, 15) is 4.79 Å². The number of nitrogen functional groups attached to an aromatic ring is 1. The van der Waals surface area contributed by atoms with Gasteiger partial charge in [0.2, 0.25) is 11.9 Å². The Kier molecular flexibility index (Phi) is 6.23. The summed E-state index contributed by atoms with van der Waals surface area (Å²) in [5.41, 5.74) is 6.40. The molecule has 1 aliphatic heterocycles. The molecular formula is C18H22Cl2N6O. The number of aromatic nitrogens is 2. The SMILES string of the molecule is CN(c1ccnc(N)n1)[C@H]1CCCN(C(=O)CNc2cc(Cl)cc(Cl)c2)C1. The number of likely N-dealkylation sites (tertiary alicyclic amines) is 1. The molecule has 1 fully saturated rings. The lowest BCUT2D eigenvalue weighted by molar-refractivity contribution is -0.130. The lowest BCUT2D eigenvalue weighted by atomic mass is 10.0. The van der Waals surface area contributed by atoms with E-state index in [-0.39, 0.29) is 24.4 Å². The zero-order valence-corrected chi connectivity index (χ0v) is 16.5. The number of likely N-dealkylation sites (N-methyl/N-ethyl adjacent to an activating group) is 1. The fraction of sp³-hybridized carbons (Fsp3) is 0.389. The first-order chi connectivity index (χ1) is 12.9. The summed E-state index contributed by atoms with van der Waals surface area (Å²) in [5, 5.41) is 4.15. The number of carbonyl (C=O) groups excluding carboxylic acids is 1. The van der Waals surface area contributed by atoms with Gasteiger partial charge in [-0.3, -0.25) is 4.79 Å². The van der Waals surface area contributed by atoms with E-state index < -0.39 is 0 Å². The summed E-state index contributed by atoms with van der Waals surface area (Å²) in [6.07, 6.45) is 3.56. The maximum atomic E-state index is 12.6. The van der Waals surface area contributed by atoms with Gasteiger partial charge in [-0.05, 0) is 37.1 Å². The number of halogens is 2. The molecule has 1 saturated heterocycles. The van der Waals surface area contributed by atoms with Crippen LogP contribution in [0, 0.1) is 0 Å². The predicted molar refractivity (Wildman–Crippen MR) is 109 cm³/mol. The van der Waals surface area contributed by atoms with Crippen LogP contribution in [0.1, 0.15) is 12.8 Å². The van der Waals surface area contributed by atoms with Gasteiger partial charge in [0.25, 0.3) is 0 Å². The molecule has 1 aromatic heterocycles. The van der Waals surface area contributed by atoms with Gasteiger partial charge < -0.3 is 20.9 Å². The van der Waals surface area contributed by atoms with Gasteiger partial charge in [0.15, 0.2) is 0 Å². The van der Waals surface area contributed by atoms with Crippen LogP contribution >= 0.6 is 23.2 Å². The minimum atomic E-state index is 0.0337. The number of piperidine rings is 1. The van der Waals surface area contributed by atoms with Crippen molar-refractivity contribution in [3.05, 3.63) is 40.5 Å². The van der Waals surface area contributed by atoms with Crippen LogP contribution in [0.5, 0.6) is 0 Å². The smallest absolute Gasteiger partial charge is 0.241 e. The lowest BCUT2D eigenvalue weighted by Crippen LogP contribution is -2.50. The number of rotatable bonds is 5. The van der Waals surface area contributed by atoms with Crippen LogP contribution in [-0.4, -0.2) is 53.5 Å². The summed E-state index contributed by atoms with van der Waals surface area (Å²) in [6, 6.07) is 7.14. The molecule has 1 aromatic carbocycles. The summed E-state index contributed by atoms with van der Waals surface area (Å²) in [7, 11) is 1.96. The maximum absolute atomic E-state index is 12.6. The molecule has 0 saturated carbocycles. The zero-order valence-electron chi connectivity index (χ0n) is 15.0. The normalized spacial score (nSPS) is 16.9. The molecule has 0 spiro atoms. The third kappa shape index (κ3) is 5.14. The molecule has 0 aliphatic carbocycles. The molecular weight excluding hydrogens is 387 g/mol. The monoisotopic (exact) mass is 408 g/mol. The Morgan fingerprint density at radius 1 is 1.37 bits per heavy atom. The average molecular weight is 409 g/mol. The molecule has 7 nitrogen and oxygen atoms in total. The van der Waals surface area contributed by atoms with Crippen LogP contribution < -0.4 is 16.0 Å². The van der Waals surface area contributed by atoms with Gasteiger partial charge in [-0.25, -0.2) is 4.98 Å². The Bertz CT molecular complexity index is 798. The van der Waals surface area contributed by atoms with Gasteiger partial charge in [-0.1, -0.05) is 23.2 Å². The molecule has 1 amide bonds. The quantitative estimate of drug-likeness (QED) is 0.790. The lowest BCUT2D eigenvalue weighted by Gasteiger charge is -2.38. The average Bonchev–Trinajstić information content (AvgIpc) is 2.65. The first-order valence-electron chi connectivity index (χ1n) is 8.71. The summed E-state index contributed by atoms with van der Waals surface area (Å²) < 4.78 is 0. The number of carbonyl (C=O) groups is 1. The molecule has 1 aliphatic rings. The number of nitrogens with two attached hydrogens (primary N) is 1. The highest BCUT2D eigenvalue weighted by Crippen LogP contribution is 2.23. The molecule has 0 radical (unpaired) electrons. The van der Waals surface area contributed by atoms with Crippen molar-refractivity contribution in [2.45, 2.75) is 18.9 Å². The summed E-state index contributed by atoms with van der Waals surface area (Å²) in [5.74, 6) is 1.03. The standard InChI is InChI=1S/C18H22Cl2N6O/c1-25(16-4-5-22-18(21)24-16)15-3-2-6-26(11-15)17(27)10-23-14-8-12(19)7-13(20)9-14/h4-5,7-9,15,23H,2-3,6,10-11H2,1H3,(H2,21,22,24)/t15-/m0/s1. The van der Waals surface area contributed by atoms with Gasteiger partial charge in [0.05, 0.1) is 6.54 Å². The first kappa shape index (κ1) is 19.5. The van der Waals surface area contributed by atoms with Gasteiger partial charge >= 0.3 is 0 Å². The highest BCUT2D eigenvalue weighted by Gasteiger charge is 2.26. The second-order valence-electron chi connectivity index (χ2n) is 6.53. The highest BCUT2D eigenvalue weighted by atomic mass is 35.5. The number of nitrogens with zero attached hydrogens (tertiary/aromatic N) is 4. The zero-order chi connectivity index (χ0) is 19.4. The largest absolute Gasteiger partial charge is 0.376 e. The van der Waals surface area contributed by atoms with E-state index in [2.05, 4.69) is 20.2 Å². The van der Waals surface area contributed by atoms with Crippen molar-refractivity contribution < 1.29 is 4.79 Å². The van der Waals surface area contributed by atoms with Crippen LogP contribution in [0.2, 0.25) is 10.0 Å². The summed E-state index contributed by atoms with van der Waals surface area (Å²) in [4.78, 5) is 24.7. The summed E-state index contributed by atoms with van der Waals surface area (Å²) in [6.45, 7) is 1.57.